The van der Waals surface area contributed by atoms with Crippen molar-refractivity contribution in [2.75, 3.05) is 13.1 Å². The largest absolute Gasteiger partial charge is 0.456 e. The molecular formula is C23H19ClF3N3O6. The van der Waals surface area contributed by atoms with E-state index in [-0.39, 0.29) is 22.9 Å². The Hall–Kier alpha value is -3.85. The van der Waals surface area contributed by atoms with Crippen molar-refractivity contribution in [3.05, 3.63) is 57.1 Å². The molecule has 1 unspecified atom stereocenters. The van der Waals surface area contributed by atoms with Gasteiger partial charge in [-0.1, -0.05) is 18.5 Å². The van der Waals surface area contributed by atoms with Gasteiger partial charge in [-0.05, 0) is 37.1 Å². The zero-order valence-corrected chi connectivity index (χ0v) is 19.6. The van der Waals surface area contributed by atoms with E-state index in [0.717, 1.165) is 30.3 Å². The van der Waals surface area contributed by atoms with Crippen molar-refractivity contribution in [3.63, 3.8) is 0 Å². The molecule has 1 fully saturated rings. The number of carbonyl (C=O) groups excluding carboxylic acids is 2. The van der Waals surface area contributed by atoms with E-state index in [0.29, 0.717) is 32.0 Å². The monoisotopic (exact) mass is 525 g/mol. The van der Waals surface area contributed by atoms with Crippen molar-refractivity contribution >= 4 is 29.0 Å². The van der Waals surface area contributed by atoms with Crippen LogP contribution in [0, 0.1) is 21.4 Å². The van der Waals surface area contributed by atoms with Crippen LogP contribution in [0.25, 0.3) is 0 Å². The van der Waals surface area contributed by atoms with Gasteiger partial charge in [-0.3, -0.25) is 19.7 Å². The fourth-order valence-corrected chi connectivity index (χ4v) is 3.81. The molecular weight excluding hydrogens is 507 g/mol. The van der Waals surface area contributed by atoms with Crippen molar-refractivity contribution in [3.8, 4) is 23.3 Å². The standard InChI is InChI=1S/C23H19ClF3N3O6/c1-2-20(31)22(13-28,21(32)29-9-3-4-10-29)36-19-12-15(6-7-17(19)30(33)34)35-18-8-5-14(11-16(18)24)23(25,26)27/h5-8,11-12H,2-4,9-10H2,1H3. The molecule has 0 aliphatic carbocycles. The van der Waals surface area contributed by atoms with E-state index < -0.39 is 45.4 Å². The number of ether oxygens (including phenoxy) is 2. The molecule has 3 rings (SSSR count). The van der Waals surface area contributed by atoms with Gasteiger partial charge in [-0.25, -0.2) is 0 Å². The quantitative estimate of drug-likeness (QED) is 0.260. The second-order valence-electron chi connectivity index (χ2n) is 7.80. The zero-order valence-electron chi connectivity index (χ0n) is 18.8. The van der Waals surface area contributed by atoms with Gasteiger partial charge in [-0.2, -0.15) is 18.4 Å². The summed E-state index contributed by atoms with van der Waals surface area (Å²) in [6, 6.07) is 6.97. The van der Waals surface area contributed by atoms with Gasteiger partial charge in [0.05, 0.1) is 15.5 Å². The Morgan fingerprint density at radius 2 is 1.83 bits per heavy atom. The number of likely N-dealkylation sites (tertiary alicyclic amines) is 1. The minimum absolute atomic E-state index is 0.165. The Labute approximate surface area is 208 Å². The highest BCUT2D eigenvalue weighted by Crippen LogP contribution is 2.40. The Morgan fingerprint density at radius 3 is 2.36 bits per heavy atom. The van der Waals surface area contributed by atoms with E-state index in [1.807, 2.05) is 0 Å². The molecule has 2 aromatic rings. The second-order valence-corrected chi connectivity index (χ2v) is 8.21. The van der Waals surface area contributed by atoms with Crippen molar-refractivity contribution in [2.45, 2.75) is 38.0 Å². The number of carbonyl (C=O) groups is 2. The minimum atomic E-state index is -4.63. The molecule has 1 heterocycles. The Bertz CT molecular complexity index is 1240. The number of benzene rings is 2. The molecule has 1 atom stereocenters. The Balaban J connectivity index is 2.02. The fourth-order valence-electron chi connectivity index (χ4n) is 3.59. The van der Waals surface area contributed by atoms with E-state index >= 15 is 0 Å². The number of Topliss-reactive ketones (excluding diaryl/α,β-unsaturated/α-hetero) is 1. The normalized spacial score (nSPS) is 15.1. The molecule has 9 nitrogen and oxygen atoms in total. The summed E-state index contributed by atoms with van der Waals surface area (Å²) in [5, 5.41) is 21.1. The Kier molecular flexibility index (Phi) is 7.74. The van der Waals surface area contributed by atoms with Gasteiger partial charge < -0.3 is 14.4 Å². The molecule has 0 bridgehead atoms. The highest BCUT2D eigenvalue weighted by molar-refractivity contribution is 6.32. The molecule has 2 aromatic carbocycles. The molecule has 0 saturated carbocycles. The predicted molar refractivity (Wildman–Crippen MR) is 120 cm³/mol. The third kappa shape index (κ3) is 5.36. The smallest absolute Gasteiger partial charge is 0.416 e. The van der Waals surface area contributed by atoms with Crippen LogP contribution in [0.15, 0.2) is 36.4 Å². The predicted octanol–water partition coefficient (Wildman–Crippen LogP) is 5.30. The number of nitrogens with zero attached hydrogens (tertiary/aromatic N) is 3. The summed E-state index contributed by atoms with van der Waals surface area (Å²) in [5.41, 5.74) is -4.35. The molecule has 1 aliphatic rings. The summed E-state index contributed by atoms with van der Waals surface area (Å²) in [5.74, 6) is -2.80. The van der Waals surface area contributed by atoms with Gasteiger partial charge in [0.15, 0.2) is 0 Å². The highest BCUT2D eigenvalue weighted by Gasteiger charge is 2.51. The van der Waals surface area contributed by atoms with Crippen molar-refractivity contribution in [2.24, 2.45) is 0 Å². The van der Waals surface area contributed by atoms with Crippen LogP contribution >= 0.6 is 11.6 Å². The number of ketones is 1. The first kappa shape index (κ1) is 26.7. The number of hydrogen-bond donors (Lipinski definition) is 0. The number of nitro groups is 1. The lowest BCUT2D eigenvalue weighted by Crippen LogP contribution is -2.56. The summed E-state index contributed by atoms with van der Waals surface area (Å²) >= 11 is 5.91. The lowest BCUT2D eigenvalue weighted by Gasteiger charge is -2.29. The first-order valence-corrected chi connectivity index (χ1v) is 11.1. The zero-order chi connectivity index (χ0) is 26.7. The van der Waals surface area contributed by atoms with Crippen LogP contribution in [0.5, 0.6) is 17.2 Å². The lowest BCUT2D eigenvalue weighted by atomic mass is 9.95. The summed E-state index contributed by atoms with van der Waals surface area (Å²) in [6.45, 7) is 2.00. The highest BCUT2D eigenvalue weighted by atomic mass is 35.5. The third-order valence-corrected chi connectivity index (χ3v) is 5.74. The van der Waals surface area contributed by atoms with Crippen LogP contribution in [0.3, 0.4) is 0 Å². The van der Waals surface area contributed by atoms with Crippen molar-refractivity contribution in [1.29, 1.82) is 5.26 Å². The van der Waals surface area contributed by atoms with Crippen LogP contribution in [-0.4, -0.2) is 40.2 Å². The third-order valence-electron chi connectivity index (χ3n) is 5.44. The second kappa shape index (κ2) is 10.4. The number of amides is 1. The number of halogens is 4. The molecule has 13 heteroatoms. The maximum Gasteiger partial charge on any atom is 0.416 e. The first-order valence-electron chi connectivity index (χ1n) is 10.7. The number of hydrogen-bond acceptors (Lipinski definition) is 7. The van der Waals surface area contributed by atoms with Gasteiger partial charge >= 0.3 is 17.5 Å². The van der Waals surface area contributed by atoms with Gasteiger partial charge in [0, 0.05) is 31.6 Å². The molecule has 0 aromatic heterocycles. The average Bonchev–Trinajstić information content (AvgIpc) is 3.37. The van der Waals surface area contributed by atoms with Crippen LogP contribution in [0.2, 0.25) is 5.02 Å². The molecule has 36 heavy (non-hydrogen) atoms. The summed E-state index contributed by atoms with van der Waals surface area (Å²) < 4.78 is 49.7. The first-order chi connectivity index (χ1) is 16.9. The van der Waals surface area contributed by atoms with Crippen LogP contribution < -0.4 is 9.47 Å². The van der Waals surface area contributed by atoms with Crippen molar-refractivity contribution in [1.82, 2.24) is 4.90 Å². The number of rotatable bonds is 8. The fraction of sp³-hybridized carbons (Fsp3) is 0.348. The maximum atomic E-state index is 13.2. The molecule has 190 valence electrons. The SMILES string of the molecule is CCC(=O)C(C#N)(Oc1cc(Oc2ccc(C(F)(F)F)cc2Cl)ccc1[N+](=O)[O-])C(=O)N1CCCC1. The van der Waals surface area contributed by atoms with Crippen molar-refractivity contribution < 1.29 is 37.2 Å². The lowest BCUT2D eigenvalue weighted by molar-refractivity contribution is -0.386. The van der Waals surface area contributed by atoms with Crippen LogP contribution in [-0.2, 0) is 15.8 Å². The molecule has 0 N–H and O–H groups in total. The molecule has 1 saturated heterocycles. The maximum absolute atomic E-state index is 13.2. The number of alkyl halides is 3. The summed E-state index contributed by atoms with van der Waals surface area (Å²) in [6.07, 6.45) is -3.58. The van der Waals surface area contributed by atoms with Gasteiger partial charge in [0.2, 0.25) is 11.5 Å². The van der Waals surface area contributed by atoms with E-state index in [4.69, 9.17) is 21.1 Å². The average molecular weight is 526 g/mol. The van der Waals surface area contributed by atoms with Gasteiger partial charge in [-0.15, -0.1) is 0 Å². The van der Waals surface area contributed by atoms with Crippen LogP contribution in [0.4, 0.5) is 18.9 Å². The topological polar surface area (TPSA) is 123 Å². The summed E-state index contributed by atoms with van der Waals surface area (Å²) in [4.78, 5) is 38.0. The van der Waals surface area contributed by atoms with Gasteiger partial charge in [0.1, 0.15) is 17.6 Å². The number of nitriles is 1. The van der Waals surface area contributed by atoms with Gasteiger partial charge in [0.25, 0.3) is 5.91 Å². The molecule has 1 amide bonds. The van der Waals surface area contributed by atoms with E-state index in [1.165, 1.54) is 11.8 Å². The van der Waals surface area contributed by atoms with E-state index in [1.54, 1.807) is 6.07 Å². The summed E-state index contributed by atoms with van der Waals surface area (Å²) in [7, 11) is 0. The van der Waals surface area contributed by atoms with Crippen LogP contribution in [0.1, 0.15) is 31.7 Å². The minimum Gasteiger partial charge on any atom is -0.456 e. The molecule has 0 spiro atoms. The number of nitro benzene ring substituents is 1. The Morgan fingerprint density at radius 1 is 1.17 bits per heavy atom. The molecule has 0 radical (unpaired) electrons. The van der Waals surface area contributed by atoms with E-state index in [2.05, 4.69) is 0 Å². The molecule has 1 aliphatic heterocycles. The van der Waals surface area contributed by atoms with E-state index in [9.17, 15) is 38.1 Å².